The predicted octanol–water partition coefficient (Wildman–Crippen LogP) is 2.22. The lowest BCUT2D eigenvalue weighted by atomic mass is 9.75. The minimum Gasteiger partial charge on any atom is -0.453 e. The third-order valence-electron chi connectivity index (χ3n) is 3.97. The maximum absolute atomic E-state index is 12.0. The van der Waals surface area contributed by atoms with E-state index in [1.54, 1.807) is 7.05 Å². The fourth-order valence-electron chi connectivity index (χ4n) is 2.97. The molecule has 0 bridgehead atoms. The standard InChI is InChI=1S/C16H34N2O5S/c1-12(2)23-10-13(18(7)24(9,20)21)15(3,4)11-16(5,6)17-14(19)22-8/h12-13H,10-11H2,1-9H3,(H,17,19). The highest BCUT2D eigenvalue weighted by Crippen LogP contribution is 2.35. The summed E-state index contributed by atoms with van der Waals surface area (Å²) < 4.78 is 35.8. The Morgan fingerprint density at radius 3 is 2.08 bits per heavy atom. The van der Waals surface area contributed by atoms with Crippen molar-refractivity contribution >= 4 is 16.1 Å². The molecule has 24 heavy (non-hydrogen) atoms. The highest BCUT2D eigenvalue weighted by Gasteiger charge is 2.41. The van der Waals surface area contributed by atoms with Gasteiger partial charge in [-0.1, -0.05) is 13.8 Å². The number of methoxy groups -OCH3 is 1. The molecular formula is C16H34N2O5S. The molecule has 144 valence electrons. The molecule has 0 aliphatic carbocycles. The number of rotatable bonds is 9. The van der Waals surface area contributed by atoms with E-state index in [0.717, 1.165) is 0 Å². The Labute approximate surface area is 147 Å². The zero-order chi connectivity index (χ0) is 19.3. The van der Waals surface area contributed by atoms with E-state index in [2.05, 4.69) is 10.1 Å². The zero-order valence-electron chi connectivity index (χ0n) is 16.5. The molecule has 0 fully saturated rings. The van der Waals surface area contributed by atoms with Gasteiger partial charge in [0.05, 0.1) is 32.1 Å². The van der Waals surface area contributed by atoms with Crippen LogP contribution in [-0.2, 0) is 19.5 Å². The molecule has 0 radical (unpaired) electrons. The molecule has 1 unspecified atom stereocenters. The van der Waals surface area contributed by atoms with Crippen molar-refractivity contribution in [2.45, 2.75) is 65.6 Å². The summed E-state index contributed by atoms with van der Waals surface area (Å²) in [6.45, 7) is 11.8. The molecule has 0 rings (SSSR count). The van der Waals surface area contributed by atoms with E-state index >= 15 is 0 Å². The summed E-state index contributed by atoms with van der Waals surface area (Å²) in [7, 11) is -0.501. The number of carbonyl (C=O) groups is 1. The highest BCUT2D eigenvalue weighted by molar-refractivity contribution is 7.88. The Morgan fingerprint density at radius 1 is 1.21 bits per heavy atom. The van der Waals surface area contributed by atoms with E-state index in [1.807, 2.05) is 41.5 Å². The van der Waals surface area contributed by atoms with Crippen LogP contribution in [-0.4, -0.2) is 63.5 Å². The fourth-order valence-corrected chi connectivity index (χ4v) is 3.77. The predicted molar refractivity (Wildman–Crippen MR) is 95.5 cm³/mol. The lowest BCUT2D eigenvalue weighted by Gasteiger charge is -2.43. The molecule has 0 aromatic heterocycles. The van der Waals surface area contributed by atoms with Gasteiger partial charge in [-0.2, -0.15) is 4.31 Å². The number of alkyl carbamates (subject to hydrolysis) is 1. The van der Waals surface area contributed by atoms with E-state index < -0.39 is 27.1 Å². The van der Waals surface area contributed by atoms with Gasteiger partial charge in [-0.05, 0) is 39.5 Å². The molecule has 0 aromatic carbocycles. The number of hydrogen-bond donors (Lipinski definition) is 1. The number of nitrogens with zero attached hydrogens (tertiary/aromatic N) is 1. The van der Waals surface area contributed by atoms with Gasteiger partial charge in [-0.3, -0.25) is 0 Å². The highest BCUT2D eigenvalue weighted by atomic mass is 32.2. The van der Waals surface area contributed by atoms with Crippen molar-refractivity contribution in [2.75, 3.05) is 27.0 Å². The van der Waals surface area contributed by atoms with Crippen LogP contribution in [0.15, 0.2) is 0 Å². The van der Waals surface area contributed by atoms with Crippen LogP contribution in [0.3, 0.4) is 0 Å². The van der Waals surface area contributed by atoms with Crippen LogP contribution in [0.4, 0.5) is 4.79 Å². The second-order valence-electron chi connectivity index (χ2n) is 7.84. The number of carbonyl (C=O) groups excluding carboxylic acids is 1. The number of ether oxygens (including phenoxy) is 2. The van der Waals surface area contributed by atoms with E-state index in [-0.39, 0.29) is 18.8 Å². The summed E-state index contributed by atoms with van der Waals surface area (Å²) >= 11 is 0. The molecule has 1 amide bonds. The Balaban J connectivity index is 5.44. The van der Waals surface area contributed by atoms with Crippen molar-refractivity contribution in [3.63, 3.8) is 0 Å². The van der Waals surface area contributed by atoms with Crippen molar-refractivity contribution in [3.05, 3.63) is 0 Å². The van der Waals surface area contributed by atoms with Crippen molar-refractivity contribution < 1.29 is 22.7 Å². The molecule has 0 heterocycles. The van der Waals surface area contributed by atoms with Crippen LogP contribution >= 0.6 is 0 Å². The van der Waals surface area contributed by atoms with Gasteiger partial charge < -0.3 is 14.8 Å². The van der Waals surface area contributed by atoms with Crippen LogP contribution in [0.5, 0.6) is 0 Å². The average molecular weight is 367 g/mol. The van der Waals surface area contributed by atoms with Gasteiger partial charge in [0, 0.05) is 12.6 Å². The normalized spacial score (nSPS) is 14.8. The monoisotopic (exact) mass is 366 g/mol. The molecule has 1 atom stereocenters. The Hall–Kier alpha value is -0.860. The minimum absolute atomic E-state index is 0.00235. The van der Waals surface area contributed by atoms with Gasteiger partial charge in [0.2, 0.25) is 10.0 Å². The summed E-state index contributed by atoms with van der Waals surface area (Å²) in [6, 6.07) is -0.367. The Bertz CT molecular complexity index is 515. The first-order valence-electron chi connectivity index (χ1n) is 8.03. The Kier molecular flexibility index (Phi) is 8.18. The minimum atomic E-state index is -3.38. The summed E-state index contributed by atoms with van der Waals surface area (Å²) in [4.78, 5) is 11.5. The van der Waals surface area contributed by atoms with Crippen LogP contribution in [0.1, 0.15) is 48.0 Å². The van der Waals surface area contributed by atoms with Crippen molar-refractivity contribution in [2.24, 2.45) is 5.41 Å². The average Bonchev–Trinajstić information content (AvgIpc) is 2.34. The molecule has 0 saturated carbocycles. The second kappa shape index (κ2) is 8.49. The zero-order valence-corrected chi connectivity index (χ0v) is 17.3. The first-order valence-corrected chi connectivity index (χ1v) is 9.88. The van der Waals surface area contributed by atoms with Crippen LogP contribution in [0.2, 0.25) is 0 Å². The largest absolute Gasteiger partial charge is 0.453 e. The van der Waals surface area contributed by atoms with Crippen LogP contribution in [0, 0.1) is 5.41 Å². The lowest BCUT2D eigenvalue weighted by molar-refractivity contribution is 0.00315. The van der Waals surface area contributed by atoms with E-state index in [0.29, 0.717) is 6.42 Å². The van der Waals surface area contributed by atoms with Crippen molar-refractivity contribution in [1.82, 2.24) is 9.62 Å². The van der Waals surface area contributed by atoms with Crippen LogP contribution in [0.25, 0.3) is 0 Å². The van der Waals surface area contributed by atoms with Gasteiger partial charge in [-0.25, -0.2) is 13.2 Å². The fraction of sp³-hybridized carbons (Fsp3) is 0.938. The van der Waals surface area contributed by atoms with Gasteiger partial charge >= 0.3 is 6.09 Å². The summed E-state index contributed by atoms with van der Waals surface area (Å²) in [5.74, 6) is 0. The molecule has 0 spiro atoms. The quantitative estimate of drug-likeness (QED) is 0.676. The second-order valence-corrected chi connectivity index (χ2v) is 9.88. The number of likely N-dealkylation sites (N-methyl/N-ethyl adjacent to an activating group) is 1. The molecule has 0 aliphatic rings. The molecule has 0 aromatic rings. The van der Waals surface area contributed by atoms with Gasteiger partial charge in [0.25, 0.3) is 0 Å². The molecule has 7 nitrogen and oxygen atoms in total. The van der Waals surface area contributed by atoms with E-state index in [9.17, 15) is 13.2 Å². The third kappa shape index (κ3) is 7.81. The van der Waals surface area contributed by atoms with Crippen molar-refractivity contribution in [1.29, 1.82) is 0 Å². The molecule has 0 saturated heterocycles. The SMILES string of the molecule is COC(=O)NC(C)(C)CC(C)(C)C(COC(C)C)N(C)S(C)(=O)=O. The first-order chi connectivity index (χ1) is 10.6. The molecular weight excluding hydrogens is 332 g/mol. The van der Waals surface area contributed by atoms with Crippen LogP contribution < -0.4 is 5.32 Å². The summed E-state index contributed by atoms with van der Waals surface area (Å²) in [5.41, 5.74) is -1.01. The maximum Gasteiger partial charge on any atom is 0.407 e. The number of sulfonamides is 1. The van der Waals surface area contributed by atoms with Crippen molar-refractivity contribution in [3.8, 4) is 0 Å². The molecule has 0 aliphatic heterocycles. The van der Waals surface area contributed by atoms with Gasteiger partial charge in [0.15, 0.2) is 0 Å². The first kappa shape index (κ1) is 23.1. The number of hydrogen-bond acceptors (Lipinski definition) is 5. The number of amides is 1. The molecule has 8 heteroatoms. The van der Waals surface area contributed by atoms with Gasteiger partial charge in [0.1, 0.15) is 0 Å². The lowest BCUT2D eigenvalue weighted by Crippen LogP contribution is -2.54. The third-order valence-corrected chi connectivity index (χ3v) is 5.28. The summed E-state index contributed by atoms with van der Waals surface area (Å²) in [5, 5.41) is 2.79. The van der Waals surface area contributed by atoms with E-state index in [1.165, 1.54) is 17.7 Å². The summed E-state index contributed by atoms with van der Waals surface area (Å²) in [6.07, 6.45) is 1.21. The molecule has 1 N–H and O–H groups in total. The smallest absolute Gasteiger partial charge is 0.407 e. The topological polar surface area (TPSA) is 84.9 Å². The Morgan fingerprint density at radius 2 is 1.71 bits per heavy atom. The maximum atomic E-state index is 12.0. The van der Waals surface area contributed by atoms with E-state index in [4.69, 9.17) is 4.74 Å². The van der Waals surface area contributed by atoms with Gasteiger partial charge in [-0.15, -0.1) is 0 Å². The number of nitrogens with one attached hydrogen (secondary N) is 1.